The Kier molecular flexibility index (Phi) is 6.06. The Morgan fingerprint density at radius 2 is 2.04 bits per heavy atom. The minimum Gasteiger partial charge on any atom is -0.489 e. The van der Waals surface area contributed by atoms with Crippen LogP contribution in [-0.4, -0.2) is 16.7 Å². The molecule has 5 heteroatoms. The Morgan fingerprint density at radius 3 is 2.67 bits per heavy atom. The first-order valence-corrected chi connectivity index (χ1v) is 8.71. The van der Waals surface area contributed by atoms with Crippen LogP contribution in [0.5, 0.6) is 5.75 Å². The van der Waals surface area contributed by atoms with Crippen LogP contribution in [-0.2, 0) is 6.61 Å². The topological polar surface area (TPSA) is 49.8 Å². The molecule has 4 nitrogen and oxygen atoms in total. The summed E-state index contributed by atoms with van der Waals surface area (Å²) in [6, 6.07) is 11.3. The Hall–Kier alpha value is -2.24. The molecular formula is C19H21NO3S. The van der Waals surface area contributed by atoms with Gasteiger partial charge >= 0.3 is 5.24 Å². The summed E-state index contributed by atoms with van der Waals surface area (Å²) >= 11 is 0.941. The Morgan fingerprint density at radius 1 is 1.29 bits per heavy atom. The number of aryl methyl sites for hydroxylation is 2. The summed E-state index contributed by atoms with van der Waals surface area (Å²) in [6.07, 6.45) is 3.33. The van der Waals surface area contributed by atoms with E-state index < -0.39 is 5.24 Å². The second-order valence-corrected chi connectivity index (χ2v) is 6.19. The summed E-state index contributed by atoms with van der Waals surface area (Å²) in [5.41, 5.74) is 4.21. The summed E-state index contributed by atoms with van der Waals surface area (Å²) in [7, 11) is 0. The number of anilines is 1. The van der Waals surface area contributed by atoms with Crippen LogP contribution in [0, 0.1) is 13.8 Å². The molecule has 0 aliphatic rings. The van der Waals surface area contributed by atoms with Crippen LogP contribution in [0.25, 0.3) is 6.08 Å². The second kappa shape index (κ2) is 8.04. The molecule has 0 heterocycles. The SMILES string of the molecule is C=Cc1ccc(N(O)C(=O)SC)c(COc2ccc(C)cc2C)c1. The number of hydroxylamine groups is 1. The third-order valence-electron chi connectivity index (χ3n) is 3.63. The first kappa shape index (κ1) is 18.1. The molecule has 0 aliphatic heterocycles. The summed E-state index contributed by atoms with van der Waals surface area (Å²) in [4.78, 5) is 11.8. The van der Waals surface area contributed by atoms with E-state index in [1.807, 2.05) is 38.1 Å². The van der Waals surface area contributed by atoms with Crippen molar-refractivity contribution in [2.75, 3.05) is 11.3 Å². The van der Waals surface area contributed by atoms with Gasteiger partial charge in [-0.05, 0) is 49.4 Å². The van der Waals surface area contributed by atoms with Gasteiger partial charge in [0.1, 0.15) is 12.4 Å². The van der Waals surface area contributed by atoms with Crippen LogP contribution in [0.15, 0.2) is 43.0 Å². The molecule has 2 aromatic carbocycles. The van der Waals surface area contributed by atoms with E-state index in [4.69, 9.17) is 4.74 Å². The van der Waals surface area contributed by atoms with Crippen molar-refractivity contribution in [3.05, 3.63) is 65.2 Å². The van der Waals surface area contributed by atoms with Gasteiger partial charge in [-0.2, -0.15) is 5.06 Å². The number of carbonyl (C=O) groups excluding carboxylic acids is 1. The third kappa shape index (κ3) is 4.19. The van der Waals surface area contributed by atoms with E-state index in [-0.39, 0.29) is 6.61 Å². The first-order valence-electron chi connectivity index (χ1n) is 7.48. The van der Waals surface area contributed by atoms with Crippen molar-refractivity contribution in [3.8, 4) is 5.75 Å². The number of ether oxygens (including phenoxy) is 1. The highest BCUT2D eigenvalue weighted by Crippen LogP contribution is 2.26. The molecule has 126 valence electrons. The average Bonchev–Trinajstić information content (AvgIpc) is 2.59. The third-order valence-corrected chi connectivity index (χ3v) is 4.15. The molecular weight excluding hydrogens is 322 g/mol. The normalized spacial score (nSPS) is 10.3. The highest BCUT2D eigenvalue weighted by molar-refractivity contribution is 8.13. The van der Waals surface area contributed by atoms with Crippen molar-refractivity contribution in [3.63, 3.8) is 0 Å². The van der Waals surface area contributed by atoms with E-state index in [2.05, 4.69) is 6.58 Å². The minimum absolute atomic E-state index is 0.236. The van der Waals surface area contributed by atoms with Crippen molar-refractivity contribution in [2.45, 2.75) is 20.5 Å². The summed E-state index contributed by atoms with van der Waals surface area (Å²) in [6.45, 7) is 8.00. The van der Waals surface area contributed by atoms with Crippen LogP contribution >= 0.6 is 11.8 Å². The second-order valence-electron chi connectivity index (χ2n) is 5.43. The van der Waals surface area contributed by atoms with E-state index in [1.54, 1.807) is 24.5 Å². The molecule has 0 radical (unpaired) electrons. The summed E-state index contributed by atoms with van der Waals surface area (Å²) < 4.78 is 5.89. The van der Waals surface area contributed by atoms with E-state index in [9.17, 15) is 10.0 Å². The predicted molar refractivity (Wildman–Crippen MR) is 100.0 cm³/mol. The molecule has 0 spiro atoms. The molecule has 0 aliphatic carbocycles. The standard InChI is InChI=1S/C19H21NO3S/c1-5-15-7-8-17(20(22)19(21)24-4)16(11-15)12-23-18-9-6-13(2)10-14(18)3/h5-11,22H,1,12H2,2-4H3. The van der Waals surface area contributed by atoms with E-state index in [0.29, 0.717) is 16.3 Å². The largest absolute Gasteiger partial charge is 0.489 e. The summed E-state index contributed by atoms with van der Waals surface area (Å²) in [5, 5.41) is 10.3. The van der Waals surface area contributed by atoms with Crippen molar-refractivity contribution >= 4 is 28.8 Å². The van der Waals surface area contributed by atoms with E-state index >= 15 is 0 Å². The van der Waals surface area contributed by atoms with Crippen molar-refractivity contribution in [1.29, 1.82) is 0 Å². The van der Waals surface area contributed by atoms with Crippen LogP contribution < -0.4 is 9.80 Å². The maximum absolute atomic E-state index is 11.8. The smallest absolute Gasteiger partial charge is 0.309 e. The minimum atomic E-state index is -0.450. The van der Waals surface area contributed by atoms with Gasteiger partial charge in [0.15, 0.2) is 0 Å². The lowest BCUT2D eigenvalue weighted by Crippen LogP contribution is -2.24. The van der Waals surface area contributed by atoms with E-state index in [1.165, 1.54) is 5.56 Å². The molecule has 0 bridgehead atoms. The monoisotopic (exact) mass is 343 g/mol. The van der Waals surface area contributed by atoms with Gasteiger partial charge in [-0.1, -0.05) is 48.2 Å². The quantitative estimate of drug-likeness (QED) is 0.598. The van der Waals surface area contributed by atoms with Gasteiger partial charge in [-0.25, -0.2) is 0 Å². The highest BCUT2D eigenvalue weighted by Gasteiger charge is 2.16. The lowest BCUT2D eigenvalue weighted by Gasteiger charge is -2.19. The number of nitrogens with zero attached hydrogens (tertiary/aromatic N) is 1. The van der Waals surface area contributed by atoms with Gasteiger partial charge in [0.05, 0.1) is 5.69 Å². The van der Waals surface area contributed by atoms with Crippen molar-refractivity contribution in [1.82, 2.24) is 0 Å². The number of benzene rings is 2. The van der Waals surface area contributed by atoms with Gasteiger partial charge in [-0.3, -0.25) is 10.0 Å². The maximum atomic E-state index is 11.8. The molecule has 0 saturated heterocycles. The Bertz CT molecular complexity index is 758. The van der Waals surface area contributed by atoms with Crippen LogP contribution in [0.3, 0.4) is 0 Å². The van der Waals surface area contributed by atoms with Gasteiger partial charge in [0, 0.05) is 5.56 Å². The molecule has 24 heavy (non-hydrogen) atoms. The average molecular weight is 343 g/mol. The van der Waals surface area contributed by atoms with Crippen LogP contribution in [0.1, 0.15) is 22.3 Å². The van der Waals surface area contributed by atoms with E-state index in [0.717, 1.165) is 28.6 Å². The predicted octanol–water partition coefficient (Wildman–Crippen LogP) is 5.20. The van der Waals surface area contributed by atoms with Crippen LogP contribution in [0.2, 0.25) is 0 Å². The van der Waals surface area contributed by atoms with Crippen molar-refractivity contribution in [2.24, 2.45) is 0 Å². The van der Waals surface area contributed by atoms with Crippen molar-refractivity contribution < 1.29 is 14.7 Å². The number of amides is 1. The zero-order valence-electron chi connectivity index (χ0n) is 14.1. The maximum Gasteiger partial charge on any atom is 0.309 e. The van der Waals surface area contributed by atoms with Gasteiger partial charge in [-0.15, -0.1) is 0 Å². The zero-order chi connectivity index (χ0) is 17.7. The molecule has 2 aromatic rings. The molecule has 0 atom stereocenters. The Balaban J connectivity index is 2.29. The lowest BCUT2D eigenvalue weighted by atomic mass is 10.1. The molecule has 1 amide bonds. The first-order chi connectivity index (χ1) is 11.5. The molecule has 0 saturated carbocycles. The van der Waals surface area contributed by atoms with Gasteiger partial charge < -0.3 is 4.74 Å². The van der Waals surface area contributed by atoms with Crippen LogP contribution in [0.4, 0.5) is 10.5 Å². The zero-order valence-corrected chi connectivity index (χ0v) is 14.9. The fraction of sp³-hybridized carbons (Fsp3) is 0.211. The molecule has 0 aromatic heterocycles. The Labute approximate surface area is 146 Å². The van der Waals surface area contributed by atoms with Gasteiger partial charge in [0.25, 0.3) is 0 Å². The molecule has 0 unspecified atom stereocenters. The molecule has 2 rings (SSSR count). The number of rotatable bonds is 5. The summed E-state index contributed by atoms with van der Waals surface area (Å²) in [5.74, 6) is 0.774. The highest BCUT2D eigenvalue weighted by atomic mass is 32.2. The molecule has 1 N–H and O–H groups in total. The fourth-order valence-electron chi connectivity index (χ4n) is 2.36. The number of hydrogen-bond donors (Lipinski definition) is 1. The molecule has 0 fully saturated rings. The fourth-order valence-corrected chi connectivity index (χ4v) is 2.63. The lowest BCUT2D eigenvalue weighted by molar-refractivity contribution is 0.223. The number of thioether (sulfide) groups is 1. The van der Waals surface area contributed by atoms with Gasteiger partial charge in [0.2, 0.25) is 0 Å². The number of hydrogen-bond acceptors (Lipinski definition) is 4. The number of carbonyl (C=O) groups is 1.